The number of hydrogen-bond donors (Lipinski definition) is 0. The molecule has 0 N–H and O–H groups in total. The van der Waals surface area contributed by atoms with E-state index in [1.165, 1.54) is 43.6 Å². The van der Waals surface area contributed by atoms with E-state index in [0.717, 1.165) is 123 Å². The van der Waals surface area contributed by atoms with Gasteiger partial charge in [0, 0.05) is 88.6 Å². The van der Waals surface area contributed by atoms with Crippen LogP contribution >= 0.6 is 0 Å². The van der Waals surface area contributed by atoms with E-state index in [1.54, 1.807) is 0 Å². The molecule has 0 aliphatic carbocycles. The molecule has 14 aromatic carbocycles. The van der Waals surface area contributed by atoms with Gasteiger partial charge in [-0.15, -0.1) is 0 Å². The maximum absolute atomic E-state index is 6.20. The molecule has 0 aliphatic rings. The first-order valence-corrected chi connectivity index (χ1v) is 30.6. The van der Waals surface area contributed by atoms with Crippen LogP contribution in [0.2, 0.25) is 0 Å². The van der Waals surface area contributed by atoms with E-state index in [0.29, 0.717) is 0 Å². The maximum Gasteiger partial charge on any atom is 0.135 e. The largest absolute Gasteiger partial charge is 0.456 e. The van der Waals surface area contributed by atoms with E-state index >= 15 is 0 Å². The van der Waals surface area contributed by atoms with Crippen molar-refractivity contribution in [1.82, 2.24) is 9.13 Å². The van der Waals surface area contributed by atoms with Crippen molar-refractivity contribution in [2.75, 3.05) is 9.80 Å². The zero-order chi connectivity index (χ0) is 59.2. The molecule has 0 radical (unpaired) electrons. The average Bonchev–Trinajstić information content (AvgIpc) is 1.73. The minimum Gasteiger partial charge on any atom is -0.456 e. The van der Waals surface area contributed by atoms with E-state index in [1.807, 2.05) is 24.3 Å². The van der Waals surface area contributed by atoms with Gasteiger partial charge in [0.1, 0.15) is 22.3 Å². The lowest BCUT2D eigenvalue weighted by Crippen LogP contribution is -2.10. The molecule has 18 aromatic rings. The SMILES string of the molecule is c1ccc2c(c1)oc1ccc(-c3ccc(N(c4ccc(-c5ccc(N(c6ccc(-c7ccc8oc9ccccc9c8c7)cc6)c6ccc(-n7c8ccccc8c8ccccc87)cc6)cc5)cc4)c4ccc(-n5c6ccccc6c6ccccc65)cc4)cc3)cc12. The first kappa shape index (κ1) is 51.1. The first-order valence-electron chi connectivity index (χ1n) is 30.6. The second-order valence-electron chi connectivity index (χ2n) is 23.2. The molecule has 0 atom stereocenters. The number of rotatable bonds is 11. The summed E-state index contributed by atoms with van der Waals surface area (Å²) in [5.74, 6) is 0. The van der Waals surface area contributed by atoms with Gasteiger partial charge < -0.3 is 27.8 Å². The molecule has 0 aliphatic heterocycles. The summed E-state index contributed by atoms with van der Waals surface area (Å²) < 4.78 is 17.1. The zero-order valence-corrected chi connectivity index (χ0v) is 48.8. The second kappa shape index (κ2) is 20.8. The van der Waals surface area contributed by atoms with E-state index in [-0.39, 0.29) is 0 Å². The number of nitrogens with zero attached hydrogens (tertiary/aromatic N) is 4. The molecule has 0 bridgehead atoms. The van der Waals surface area contributed by atoms with Crippen LogP contribution in [0.4, 0.5) is 34.1 Å². The third kappa shape index (κ3) is 8.49. The summed E-state index contributed by atoms with van der Waals surface area (Å²) in [5.41, 5.74) is 23.7. The number of fused-ring (bicyclic) bond motifs is 12. The molecule has 0 saturated heterocycles. The van der Waals surface area contributed by atoms with Crippen LogP contribution < -0.4 is 9.80 Å². The van der Waals surface area contributed by atoms with Gasteiger partial charge in [-0.2, -0.15) is 0 Å². The molecular weight excluding hydrogens is 1100 g/mol. The Morgan fingerprint density at radius 2 is 0.422 bits per heavy atom. The maximum atomic E-state index is 6.20. The van der Waals surface area contributed by atoms with Crippen LogP contribution in [0.25, 0.3) is 132 Å². The highest BCUT2D eigenvalue weighted by atomic mass is 16.3. The normalized spacial score (nSPS) is 11.8. The lowest BCUT2D eigenvalue weighted by atomic mass is 10.0. The van der Waals surface area contributed by atoms with Gasteiger partial charge in [-0.1, -0.05) is 170 Å². The van der Waals surface area contributed by atoms with Crippen molar-refractivity contribution < 1.29 is 8.83 Å². The third-order valence-corrected chi connectivity index (χ3v) is 18.1. The van der Waals surface area contributed by atoms with Crippen molar-refractivity contribution >= 4 is 122 Å². The summed E-state index contributed by atoms with van der Waals surface area (Å²) in [6, 6.07) is 118. The second-order valence-corrected chi connectivity index (χ2v) is 23.2. The quantitative estimate of drug-likeness (QED) is 0.129. The van der Waals surface area contributed by atoms with Crippen LogP contribution in [0.1, 0.15) is 0 Å². The standard InChI is InChI=1S/C84H54N4O2/c1-7-19-77-69(13-1)70-14-2-8-20-78(70)87(77)67-47-43-65(44-48-67)85(63-39-29-57(30-40-63)59-33-51-83-75(53-59)73-17-5-11-23-81(73)89-83)61-35-25-55(26-36-61)56-27-37-62(38-28-56)86(64-41-31-58(32-42-64)60-34-52-84-76(54-60)74-18-6-12-24-82(74)90-84)66-45-49-68(50-46-66)88-79-21-9-3-15-71(79)72-16-4-10-22-80(72)88/h1-54H. The highest BCUT2D eigenvalue weighted by Crippen LogP contribution is 2.43. The van der Waals surface area contributed by atoms with E-state index in [9.17, 15) is 0 Å². The number of hydrogen-bond acceptors (Lipinski definition) is 4. The Morgan fingerprint density at radius 1 is 0.189 bits per heavy atom. The van der Waals surface area contributed by atoms with Gasteiger partial charge in [0.05, 0.1) is 22.1 Å². The highest BCUT2D eigenvalue weighted by Gasteiger charge is 2.20. The van der Waals surface area contributed by atoms with Crippen LogP contribution in [-0.2, 0) is 0 Å². The summed E-state index contributed by atoms with van der Waals surface area (Å²) in [7, 11) is 0. The summed E-state index contributed by atoms with van der Waals surface area (Å²) in [6.07, 6.45) is 0. The monoisotopic (exact) mass is 1150 g/mol. The van der Waals surface area contributed by atoms with Crippen molar-refractivity contribution in [2.45, 2.75) is 0 Å². The number of anilines is 6. The molecule has 90 heavy (non-hydrogen) atoms. The van der Waals surface area contributed by atoms with Crippen LogP contribution in [0, 0.1) is 0 Å². The zero-order valence-electron chi connectivity index (χ0n) is 48.8. The van der Waals surface area contributed by atoms with Crippen molar-refractivity contribution in [3.8, 4) is 44.8 Å². The summed E-state index contributed by atoms with van der Waals surface area (Å²) in [4.78, 5) is 4.71. The molecule has 0 fully saturated rings. The van der Waals surface area contributed by atoms with Gasteiger partial charge in [-0.05, 0) is 191 Å². The number of benzene rings is 14. The van der Waals surface area contributed by atoms with Crippen LogP contribution in [-0.4, -0.2) is 9.13 Å². The fraction of sp³-hybridized carbons (Fsp3) is 0. The molecule has 6 heteroatoms. The number of para-hydroxylation sites is 6. The van der Waals surface area contributed by atoms with Gasteiger partial charge in [0.15, 0.2) is 0 Å². The smallest absolute Gasteiger partial charge is 0.135 e. The Hall–Kier alpha value is -12.1. The van der Waals surface area contributed by atoms with Crippen molar-refractivity contribution in [2.24, 2.45) is 0 Å². The number of aromatic nitrogens is 2. The molecule has 0 amide bonds. The van der Waals surface area contributed by atoms with E-state index in [4.69, 9.17) is 8.83 Å². The molecule has 0 saturated carbocycles. The summed E-state index contributed by atoms with van der Waals surface area (Å²) in [6.45, 7) is 0. The van der Waals surface area contributed by atoms with Gasteiger partial charge in [-0.3, -0.25) is 0 Å². The Balaban J connectivity index is 0.694. The summed E-state index contributed by atoms with van der Waals surface area (Å²) in [5, 5.41) is 9.45. The van der Waals surface area contributed by atoms with E-state index in [2.05, 4.69) is 322 Å². The van der Waals surface area contributed by atoms with Gasteiger partial charge in [0.25, 0.3) is 0 Å². The van der Waals surface area contributed by atoms with Crippen LogP contribution in [0.5, 0.6) is 0 Å². The predicted octanol–water partition coefficient (Wildman–Crippen LogP) is 23.6. The Morgan fingerprint density at radius 3 is 0.733 bits per heavy atom. The van der Waals surface area contributed by atoms with Crippen LogP contribution in [0.15, 0.2) is 336 Å². The Labute approximate surface area is 518 Å². The third-order valence-electron chi connectivity index (χ3n) is 18.1. The topological polar surface area (TPSA) is 42.6 Å². The molecule has 0 unspecified atom stereocenters. The molecule has 422 valence electrons. The number of furan rings is 2. The first-order chi connectivity index (χ1) is 44.6. The Bertz CT molecular complexity index is 5290. The van der Waals surface area contributed by atoms with E-state index < -0.39 is 0 Å². The summed E-state index contributed by atoms with van der Waals surface area (Å²) >= 11 is 0. The average molecular weight is 1150 g/mol. The molecule has 18 rings (SSSR count). The van der Waals surface area contributed by atoms with Crippen molar-refractivity contribution in [3.05, 3.63) is 328 Å². The highest BCUT2D eigenvalue weighted by molar-refractivity contribution is 6.11. The van der Waals surface area contributed by atoms with Gasteiger partial charge in [0.2, 0.25) is 0 Å². The fourth-order valence-corrected chi connectivity index (χ4v) is 13.8. The van der Waals surface area contributed by atoms with Crippen molar-refractivity contribution in [3.63, 3.8) is 0 Å². The van der Waals surface area contributed by atoms with Gasteiger partial charge >= 0.3 is 0 Å². The predicted molar refractivity (Wildman–Crippen MR) is 375 cm³/mol. The molecule has 4 heterocycles. The van der Waals surface area contributed by atoms with Crippen molar-refractivity contribution in [1.29, 1.82) is 0 Å². The molecule has 6 nitrogen and oxygen atoms in total. The van der Waals surface area contributed by atoms with Crippen LogP contribution in [0.3, 0.4) is 0 Å². The molecule has 4 aromatic heterocycles. The van der Waals surface area contributed by atoms with Gasteiger partial charge in [-0.25, -0.2) is 0 Å². The minimum atomic E-state index is 0.892. The molecule has 0 spiro atoms. The minimum absolute atomic E-state index is 0.892. The lowest BCUT2D eigenvalue weighted by Gasteiger charge is -2.27. The molecular formula is C84H54N4O2. The lowest BCUT2D eigenvalue weighted by molar-refractivity contribution is 0.668. The fourth-order valence-electron chi connectivity index (χ4n) is 13.8. The Kier molecular flexibility index (Phi) is 11.8.